The Morgan fingerprint density at radius 2 is 2.19 bits per heavy atom. The van der Waals surface area contributed by atoms with Crippen molar-refractivity contribution in [3.8, 4) is 0 Å². The summed E-state index contributed by atoms with van der Waals surface area (Å²) in [5.41, 5.74) is -0.203. The van der Waals surface area contributed by atoms with Crippen molar-refractivity contribution in [3.63, 3.8) is 0 Å². The van der Waals surface area contributed by atoms with Crippen molar-refractivity contribution in [2.45, 2.75) is 57.0 Å². The average Bonchev–Trinajstić information content (AvgIpc) is 3.10. The summed E-state index contributed by atoms with van der Waals surface area (Å²) in [6.07, 6.45) is 7.32. The Hall–Kier alpha value is -1.73. The molecular formula is C14H22N6O. The van der Waals surface area contributed by atoms with Crippen molar-refractivity contribution in [2.75, 3.05) is 0 Å². The molecule has 7 heteroatoms. The summed E-state index contributed by atoms with van der Waals surface area (Å²) >= 11 is 0. The number of aliphatic hydroxyl groups excluding tert-OH is 1. The minimum atomic E-state index is -0.343. The van der Waals surface area contributed by atoms with Crippen LogP contribution in [-0.4, -0.2) is 47.8 Å². The van der Waals surface area contributed by atoms with Gasteiger partial charge in [-0.15, -0.1) is 0 Å². The molecule has 2 N–H and O–H groups in total. The van der Waals surface area contributed by atoms with Crippen LogP contribution in [0, 0.1) is 0 Å². The van der Waals surface area contributed by atoms with Crippen molar-refractivity contribution in [1.82, 2.24) is 29.9 Å². The minimum Gasteiger partial charge on any atom is -0.391 e. The molecule has 7 nitrogen and oxygen atoms in total. The highest BCUT2D eigenvalue weighted by Crippen LogP contribution is 2.33. The summed E-state index contributed by atoms with van der Waals surface area (Å²) < 4.78 is 3.70. The molecule has 2 heterocycles. The lowest BCUT2D eigenvalue weighted by atomic mass is 9.81. The lowest BCUT2D eigenvalue weighted by Crippen LogP contribution is -2.60. The summed E-state index contributed by atoms with van der Waals surface area (Å²) in [7, 11) is 0. The van der Waals surface area contributed by atoms with Crippen LogP contribution in [0.4, 0.5) is 0 Å². The molecule has 114 valence electrons. The third kappa shape index (κ3) is 2.47. The van der Waals surface area contributed by atoms with Crippen molar-refractivity contribution in [2.24, 2.45) is 0 Å². The molecule has 2 aromatic heterocycles. The van der Waals surface area contributed by atoms with Gasteiger partial charge in [0.25, 0.3) is 0 Å². The van der Waals surface area contributed by atoms with Gasteiger partial charge in [-0.2, -0.15) is 10.2 Å². The second kappa shape index (κ2) is 5.23. The predicted molar refractivity (Wildman–Crippen MR) is 77.6 cm³/mol. The van der Waals surface area contributed by atoms with Crippen LogP contribution in [0.2, 0.25) is 0 Å². The van der Waals surface area contributed by atoms with Crippen LogP contribution < -0.4 is 5.32 Å². The first-order valence-electron chi connectivity index (χ1n) is 7.28. The van der Waals surface area contributed by atoms with Gasteiger partial charge in [0.2, 0.25) is 0 Å². The smallest absolute Gasteiger partial charge is 0.137 e. The van der Waals surface area contributed by atoms with Gasteiger partial charge in [0.05, 0.1) is 17.7 Å². The molecule has 1 fully saturated rings. The molecule has 1 aliphatic carbocycles. The van der Waals surface area contributed by atoms with E-state index in [1.807, 2.05) is 21.6 Å². The Balaban J connectivity index is 1.69. The van der Waals surface area contributed by atoms with E-state index in [0.717, 1.165) is 6.42 Å². The van der Waals surface area contributed by atoms with E-state index in [0.29, 0.717) is 0 Å². The summed E-state index contributed by atoms with van der Waals surface area (Å²) in [6.45, 7) is 6.38. The van der Waals surface area contributed by atoms with E-state index in [9.17, 15) is 5.11 Å². The predicted octanol–water partition coefficient (Wildman–Crippen LogP) is 0.562. The highest BCUT2D eigenvalue weighted by Gasteiger charge is 2.44. The molecule has 0 aromatic carbocycles. The number of hydrogen-bond acceptors (Lipinski definition) is 5. The maximum Gasteiger partial charge on any atom is 0.137 e. The fourth-order valence-corrected chi connectivity index (χ4v) is 2.82. The lowest BCUT2D eigenvalue weighted by Gasteiger charge is -2.45. The van der Waals surface area contributed by atoms with E-state index in [-0.39, 0.29) is 29.8 Å². The zero-order valence-electron chi connectivity index (χ0n) is 12.6. The SMILES string of the molecule is CC(N[C@H]1C[C@@H](O)[C@@H]1n1cccn1)C(C)(C)n1cncn1. The quantitative estimate of drug-likeness (QED) is 0.841. The van der Waals surface area contributed by atoms with Gasteiger partial charge in [-0.25, -0.2) is 9.67 Å². The maximum atomic E-state index is 10.0. The fourth-order valence-electron chi connectivity index (χ4n) is 2.82. The van der Waals surface area contributed by atoms with E-state index in [1.54, 1.807) is 18.9 Å². The standard InChI is InChI=1S/C14H22N6O/c1-10(14(2,3)20-9-15-8-17-20)18-11-7-12(21)13(11)19-6-4-5-16-19/h4-6,8-13,18,21H,7H2,1-3H3/t10?,11-,12+,13+/m0/s1. The van der Waals surface area contributed by atoms with E-state index < -0.39 is 0 Å². The van der Waals surface area contributed by atoms with Crippen LogP contribution in [0.25, 0.3) is 0 Å². The molecule has 21 heavy (non-hydrogen) atoms. The molecule has 0 saturated heterocycles. The average molecular weight is 290 g/mol. The van der Waals surface area contributed by atoms with Gasteiger partial charge in [0.15, 0.2) is 0 Å². The molecule has 4 atom stereocenters. The Kier molecular flexibility index (Phi) is 3.54. The first kappa shape index (κ1) is 14.2. The normalized spacial score (nSPS) is 27.3. The summed E-state index contributed by atoms with van der Waals surface area (Å²) in [5, 5.41) is 22.1. The molecule has 0 bridgehead atoms. The summed E-state index contributed by atoms with van der Waals surface area (Å²) in [5.74, 6) is 0. The van der Waals surface area contributed by atoms with Gasteiger partial charge < -0.3 is 10.4 Å². The monoisotopic (exact) mass is 290 g/mol. The fraction of sp³-hybridized carbons (Fsp3) is 0.643. The van der Waals surface area contributed by atoms with Gasteiger partial charge in [-0.3, -0.25) is 4.68 Å². The lowest BCUT2D eigenvalue weighted by molar-refractivity contribution is -0.0166. The maximum absolute atomic E-state index is 10.0. The number of rotatable bonds is 5. The second-order valence-corrected chi connectivity index (χ2v) is 6.27. The van der Waals surface area contributed by atoms with Gasteiger partial charge in [-0.05, 0) is 33.3 Å². The molecule has 3 rings (SSSR count). The summed E-state index contributed by atoms with van der Waals surface area (Å²) in [6, 6.07) is 2.26. The van der Waals surface area contributed by atoms with Gasteiger partial charge in [-0.1, -0.05) is 0 Å². The highest BCUT2D eigenvalue weighted by atomic mass is 16.3. The minimum absolute atomic E-state index is 0.00556. The highest BCUT2D eigenvalue weighted by molar-refractivity contribution is 5.02. The van der Waals surface area contributed by atoms with E-state index >= 15 is 0 Å². The number of aliphatic hydroxyl groups is 1. The topological polar surface area (TPSA) is 80.8 Å². The molecule has 2 aromatic rings. The third-order valence-corrected chi connectivity index (χ3v) is 4.67. The second-order valence-electron chi connectivity index (χ2n) is 6.27. The molecule has 1 saturated carbocycles. The zero-order chi connectivity index (χ0) is 15.0. The van der Waals surface area contributed by atoms with E-state index in [1.165, 1.54) is 0 Å². The van der Waals surface area contributed by atoms with Crippen molar-refractivity contribution < 1.29 is 5.11 Å². The van der Waals surface area contributed by atoms with Crippen LogP contribution >= 0.6 is 0 Å². The first-order chi connectivity index (χ1) is 10.00. The molecule has 0 spiro atoms. The van der Waals surface area contributed by atoms with E-state index in [4.69, 9.17) is 0 Å². The van der Waals surface area contributed by atoms with Crippen molar-refractivity contribution in [3.05, 3.63) is 31.1 Å². The largest absolute Gasteiger partial charge is 0.391 e. The molecule has 0 radical (unpaired) electrons. The zero-order valence-corrected chi connectivity index (χ0v) is 12.6. The molecule has 1 unspecified atom stereocenters. The summed E-state index contributed by atoms with van der Waals surface area (Å²) in [4.78, 5) is 4.02. The number of hydrogen-bond donors (Lipinski definition) is 2. The number of nitrogens with one attached hydrogen (secondary N) is 1. The van der Waals surface area contributed by atoms with Gasteiger partial charge in [0, 0.05) is 24.5 Å². The molecular weight excluding hydrogens is 268 g/mol. The Morgan fingerprint density at radius 3 is 2.76 bits per heavy atom. The van der Waals surface area contributed by atoms with Crippen LogP contribution in [-0.2, 0) is 5.54 Å². The van der Waals surface area contributed by atoms with Crippen LogP contribution in [0.1, 0.15) is 33.2 Å². The molecule has 1 aliphatic rings. The molecule has 0 aliphatic heterocycles. The third-order valence-electron chi connectivity index (χ3n) is 4.67. The van der Waals surface area contributed by atoms with Crippen LogP contribution in [0.5, 0.6) is 0 Å². The number of aromatic nitrogens is 5. The Morgan fingerprint density at radius 1 is 1.38 bits per heavy atom. The van der Waals surface area contributed by atoms with Gasteiger partial charge >= 0.3 is 0 Å². The first-order valence-corrected chi connectivity index (χ1v) is 7.28. The molecule has 0 amide bonds. The van der Waals surface area contributed by atoms with E-state index in [2.05, 4.69) is 41.3 Å². The van der Waals surface area contributed by atoms with Crippen molar-refractivity contribution in [1.29, 1.82) is 0 Å². The Labute approximate surface area is 124 Å². The van der Waals surface area contributed by atoms with Crippen LogP contribution in [0.3, 0.4) is 0 Å². The van der Waals surface area contributed by atoms with Crippen molar-refractivity contribution >= 4 is 0 Å². The van der Waals surface area contributed by atoms with Crippen LogP contribution in [0.15, 0.2) is 31.1 Å². The number of nitrogens with zero attached hydrogens (tertiary/aromatic N) is 5. The Bertz CT molecular complexity index is 564. The van der Waals surface area contributed by atoms with Gasteiger partial charge in [0.1, 0.15) is 12.7 Å².